The summed E-state index contributed by atoms with van der Waals surface area (Å²) in [6, 6.07) is 0. The Morgan fingerprint density at radius 1 is 1.39 bits per heavy atom. The maximum atomic E-state index is 12.0. The third-order valence-corrected chi connectivity index (χ3v) is 4.06. The van der Waals surface area contributed by atoms with Crippen LogP contribution in [0, 0.1) is 17.8 Å². The lowest BCUT2D eigenvalue weighted by Crippen LogP contribution is -2.40. The van der Waals surface area contributed by atoms with E-state index in [-0.39, 0.29) is 11.8 Å². The zero-order chi connectivity index (χ0) is 13.3. The van der Waals surface area contributed by atoms with Gasteiger partial charge in [-0.3, -0.25) is 9.59 Å². The van der Waals surface area contributed by atoms with Crippen LogP contribution in [0.25, 0.3) is 0 Å². The van der Waals surface area contributed by atoms with E-state index >= 15 is 0 Å². The highest BCUT2D eigenvalue weighted by Crippen LogP contribution is 2.40. The Hall–Kier alpha value is -1.10. The van der Waals surface area contributed by atoms with Gasteiger partial charge in [0.2, 0.25) is 5.91 Å². The average Bonchev–Trinajstić information content (AvgIpc) is 3.07. The molecule has 18 heavy (non-hydrogen) atoms. The van der Waals surface area contributed by atoms with Crippen molar-refractivity contribution in [3.63, 3.8) is 0 Å². The zero-order valence-electron chi connectivity index (χ0n) is 11.1. The first kappa shape index (κ1) is 13.3. The minimum Gasteiger partial charge on any atom is -0.481 e. The Kier molecular flexibility index (Phi) is 3.90. The number of hydrogen-bond donors (Lipinski definition) is 1. The molecule has 1 saturated heterocycles. The van der Waals surface area contributed by atoms with Gasteiger partial charge in [-0.25, -0.2) is 0 Å². The zero-order valence-corrected chi connectivity index (χ0v) is 11.1. The molecule has 1 aliphatic heterocycles. The number of nitrogens with zero attached hydrogens (tertiary/aromatic N) is 2. The summed E-state index contributed by atoms with van der Waals surface area (Å²) >= 11 is 0. The summed E-state index contributed by atoms with van der Waals surface area (Å²) in [5.74, 6) is -1.00. The number of carbonyl (C=O) groups excluding carboxylic acids is 1. The molecule has 0 aromatic heterocycles. The number of rotatable bonds is 4. The van der Waals surface area contributed by atoms with Crippen molar-refractivity contribution in [1.82, 2.24) is 9.80 Å². The fourth-order valence-electron chi connectivity index (χ4n) is 2.92. The van der Waals surface area contributed by atoms with Gasteiger partial charge in [0, 0.05) is 20.1 Å². The van der Waals surface area contributed by atoms with E-state index in [0.29, 0.717) is 12.3 Å². The number of piperidine rings is 1. The predicted molar refractivity (Wildman–Crippen MR) is 67.1 cm³/mol. The van der Waals surface area contributed by atoms with E-state index in [1.165, 1.54) is 6.42 Å². The average molecular weight is 254 g/mol. The van der Waals surface area contributed by atoms with Crippen LogP contribution in [-0.4, -0.2) is 60.5 Å². The molecule has 0 spiro atoms. The fraction of sp³-hybridized carbons (Fsp3) is 0.846. The molecular formula is C13H22N2O3. The van der Waals surface area contributed by atoms with Crippen molar-refractivity contribution in [3.05, 3.63) is 0 Å². The third-order valence-electron chi connectivity index (χ3n) is 4.06. The molecule has 5 heteroatoms. The maximum Gasteiger partial charge on any atom is 0.307 e. The number of carbonyl (C=O) groups is 2. The number of likely N-dealkylation sites (tertiary alicyclic amines) is 1. The van der Waals surface area contributed by atoms with Gasteiger partial charge in [0.05, 0.1) is 11.8 Å². The maximum absolute atomic E-state index is 12.0. The second-order valence-corrected chi connectivity index (χ2v) is 5.78. The summed E-state index contributed by atoms with van der Waals surface area (Å²) in [7, 11) is 3.91. The molecule has 2 aliphatic rings. The van der Waals surface area contributed by atoms with Crippen LogP contribution in [0.3, 0.4) is 0 Å². The van der Waals surface area contributed by atoms with Crippen molar-refractivity contribution in [2.24, 2.45) is 17.8 Å². The van der Waals surface area contributed by atoms with E-state index in [4.69, 9.17) is 5.11 Å². The molecule has 0 radical (unpaired) electrons. The second kappa shape index (κ2) is 5.26. The van der Waals surface area contributed by atoms with Gasteiger partial charge in [-0.05, 0) is 38.8 Å². The van der Waals surface area contributed by atoms with Crippen LogP contribution in [0.4, 0.5) is 0 Å². The number of aliphatic carboxylic acids is 1. The van der Waals surface area contributed by atoms with Crippen molar-refractivity contribution in [3.8, 4) is 0 Å². The molecule has 1 saturated carbocycles. The molecule has 1 aliphatic carbocycles. The fourth-order valence-corrected chi connectivity index (χ4v) is 2.92. The van der Waals surface area contributed by atoms with E-state index < -0.39 is 11.9 Å². The van der Waals surface area contributed by atoms with Gasteiger partial charge in [0.1, 0.15) is 0 Å². The normalized spacial score (nSPS) is 32.0. The SMILES string of the molecule is CN1CCCC(CN(C)C(=O)C2CC2C(=O)O)C1. The van der Waals surface area contributed by atoms with Crippen LogP contribution in [-0.2, 0) is 9.59 Å². The van der Waals surface area contributed by atoms with Crippen molar-refractivity contribution in [1.29, 1.82) is 0 Å². The van der Waals surface area contributed by atoms with Gasteiger partial charge in [0.15, 0.2) is 0 Å². The van der Waals surface area contributed by atoms with Gasteiger partial charge in [-0.2, -0.15) is 0 Å². The first-order valence-corrected chi connectivity index (χ1v) is 6.65. The highest BCUT2D eigenvalue weighted by molar-refractivity contribution is 5.89. The number of carboxylic acids is 1. The van der Waals surface area contributed by atoms with Crippen LogP contribution in [0.15, 0.2) is 0 Å². The Labute approximate surface area is 108 Å². The van der Waals surface area contributed by atoms with Crippen LogP contribution in [0.2, 0.25) is 0 Å². The van der Waals surface area contributed by atoms with Crippen molar-refractivity contribution < 1.29 is 14.7 Å². The lowest BCUT2D eigenvalue weighted by molar-refractivity contribution is -0.141. The van der Waals surface area contributed by atoms with Crippen LogP contribution < -0.4 is 0 Å². The summed E-state index contributed by atoms with van der Waals surface area (Å²) in [6.07, 6.45) is 2.86. The molecule has 2 fully saturated rings. The van der Waals surface area contributed by atoms with Crippen LogP contribution >= 0.6 is 0 Å². The highest BCUT2D eigenvalue weighted by atomic mass is 16.4. The minimum absolute atomic E-state index is 0.00984. The van der Waals surface area contributed by atoms with Crippen molar-refractivity contribution in [2.45, 2.75) is 19.3 Å². The monoisotopic (exact) mass is 254 g/mol. The molecule has 0 aromatic carbocycles. The summed E-state index contributed by atoms with van der Waals surface area (Å²) in [4.78, 5) is 26.8. The number of carboxylic acid groups (broad SMARTS) is 1. The Bertz CT molecular complexity index is 345. The largest absolute Gasteiger partial charge is 0.481 e. The van der Waals surface area contributed by atoms with Gasteiger partial charge < -0.3 is 14.9 Å². The summed E-state index contributed by atoms with van der Waals surface area (Å²) in [5, 5.41) is 8.83. The molecule has 3 unspecified atom stereocenters. The van der Waals surface area contributed by atoms with E-state index in [0.717, 1.165) is 26.1 Å². The van der Waals surface area contributed by atoms with Gasteiger partial charge in [0.25, 0.3) is 0 Å². The third kappa shape index (κ3) is 3.02. The van der Waals surface area contributed by atoms with Gasteiger partial charge in [-0.15, -0.1) is 0 Å². The Morgan fingerprint density at radius 2 is 2.11 bits per heavy atom. The van der Waals surface area contributed by atoms with E-state index in [1.54, 1.807) is 11.9 Å². The van der Waals surface area contributed by atoms with E-state index in [9.17, 15) is 9.59 Å². The number of amides is 1. The number of hydrogen-bond acceptors (Lipinski definition) is 3. The Balaban J connectivity index is 1.79. The summed E-state index contributed by atoms with van der Waals surface area (Å²) in [5.41, 5.74) is 0. The smallest absolute Gasteiger partial charge is 0.307 e. The molecule has 1 N–H and O–H groups in total. The highest BCUT2D eigenvalue weighted by Gasteiger charge is 2.49. The topological polar surface area (TPSA) is 60.9 Å². The molecule has 1 heterocycles. The first-order valence-electron chi connectivity index (χ1n) is 6.65. The first-order chi connectivity index (χ1) is 8.49. The molecule has 2 rings (SSSR count). The summed E-state index contributed by atoms with van der Waals surface area (Å²) < 4.78 is 0. The summed E-state index contributed by atoms with van der Waals surface area (Å²) in [6.45, 7) is 2.93. The minimum atomic E-state index is -0.834. The molecule has 3 atom stereocenters. The van der Waals surface area contributed by atoms with Crippen LogP contribution in [0.5, 0.6) is 0 Å². The van der Waals surface area contributed by atoms with Crippen molar-refractivity contribution >= 4 is 11.9 Å². The van der Waals surface area contributed by atoms with Crippen molar-refractivity contribution in [2.75, 3.05) is 33.7 Å². The predicted octanol–water partition coefficient (Wildman–Crippen LogP) is 0.507. The van der Waals surface area contributed by atoms with E-state index in [1.807, 2.05) is 0 Å². The molecule has 0 aromatic rings. The molecule has 0 bridgehead atoms. The van der Waals surface area contributed by atoms with Gasteiger partial charge >= 0.3 is 5.97 Å². The molecular weight excluding hydrogens is 232 g/mol. The Morgan fingerprint density at radius 3 is 2.67 bits per heavy atom. The molecule has 102 valence electrons. The van der Waals surface area contributed by atoms with E-state index in [2.05, 4.69) is 11.9 Å². The second-order valence-electron chi connectivity index (χ2n) is 5.78. The quantitative estimate of drug-likeness (QED) is 0.794. The molecule has 1 amide bonds. The van der Waals surface area contributed by atoms with Crippen LogP contribution in [0.1, 0.15) is 19.3 Å². The van der Waals surface area contributed by atoms with Gasteiger partial charge in [-0.1, -0.05) is 0 Å². The lowest BCUT2D eigenvalue weighted by Gasteiger charge is -2.32. The molecule has 5 nitrogen and oxygen atoms in total. The lowest BCUT2D eigenvalue weighted by atomic mass is 9.98. The standard InChI is InChI=1S/C13H22N2O3/c1-14-5-3-4-9(7-14)8-15(2)12(16)10-6-11(10)13(17)18/h9-11H,3-8H2,1-2H3,(H,17,18).